The fourth-order valence-corrected chi connectivity index (χ4v) is 13.3. The van der Waals surface area contributed by atoms with Crippen LogP contribution in [-0.4, -0.2) is 4.83 Å². The van der Waals surface area contributed by atoms with Crippen molar-refractivity contribution in [2.45, 2.75) is 140 Å². The van der Waals surface area contributed by atoms with Gasteiger partial charge >= 0.3 is 0 Å². The molecule has 0 spiro atoms. The molecule has 0 heterocycles. The largest absolute Gasteiger partial charge is 0.0887 e. The maximum absolute atomic E-state index is 4.41. The van der Waals surface area contributed by atoms with Crippen molar-refractivity contribution in [1.29, 1.82) is 0 Å². The lowest BCUT2D eigenvalue weighted by Gasteiger charge is -2.55. The molecule has 38 heavy (non-hydrogen) atoms. The van der Waals surface area contributed by atoms with E-state index < -0.39 is 0 Å². The van der Waals surface area contributed by atoms with Crippen LogP contribution in [0.1, 0.15) is 135 Å². The molecule has 0 radical (unpaired) electrons. The maximum atomic E-state index is 4.41. The van der Waals surface area contributed by atoms with Crippen LogP contribution in [0.2, 0.25) is 0 Å². The van der Waals surface area contributed by atoms with Crippen LogP contribution in [0.15, 0.2) is 23.3 Å². The summed E-state index contributed by atoms with van der Waals surface area (Å²) in [7, 11) is 0. The van der Waals surface area contributed by atoms with Gasteiger partial charge in [0.05, 0.1) is 0 Å². The van der Waals surface area contributed by atoms with Gasteiger partial charge in [-0.15, -0.1) is 0 Å². The third kappa shape index (κ3) is 5.20. The Bertz CT molecular complexity index is 883. The lowest BCUT2D eigenvalue weighted by atomic mass is 9.51. The fraction of sp³-hybridized carbons (Fsp3) is 0.892. The molecule has 212 valence electrons. The van der Waals surface area contributed by atoms with Crippen LogP contribution in [0.25, 0.3) is 0 Å². The van der Waals surface area contributed by atoms with Crippen LogP contribution in [0, 0.1) is 65.1 Å². The van der Waals surface area contributed by atoms with Gasteiger partial charge in [0, 0.05) is 4.83 Å². The third-order valence-electron chi connectivity index (χ3n) is 13.9. The molecule has 0 aromatic rings. The molecule has 0 aliphatic heterocycles. The Morgan fingerprint density at radius 1 is 0.763 bits per heavy atom. The Hall–Kier alpha value is -0.0400. The Morgan fingerprint density at radius 3 is 2.45 bits per heavy atom. The molecule has 7 rings (SSSR count). The molecular weight excluding hydrogens is 524 g/mol. The Balaban J connectivity index is 1.03. The summed E-state index contributed by atoms with van der Waals surface area (Å²) in [6.45, 7) is 2.58. The number of rotatable bonds is 5. The smallest absolute Gasteiger partial charge is 0.0182 e. The summed E-state index contributed by atoms with van der Waals surface area (Å²) in [5.74, 6) is 10.8. The SMILES string of the molecule is CC(CC(Br)C1CCC2C(C3CCC4CCCCC4C3)=CCC3CCCC1C32)C1=CC2CCCCC2CC1. The molecule has 0 N–H and O–H groups in total. The predicted octanol–water partition coefficient (Wildman–Crippen LogP) is 11.3. The number of hydrogen-bond acceptors (Lipinski definition) is 0. The van der Waals surface area contributed by atoms with Crippen molar-refractivity contribution in [2.75, 3.05) is 0 Å². The van der Waals surface area contributed by atoms with E-state index in [1.54, 1.807) is 25.7 Å². The first-order chi connectivity index (χ1) is 18.7. The van der Waals surface area contributed by atoms with E-state index in [9.17, 15) is 0 Å². The van der Waals surface area contributed by atoms with Crippen molar-refractivity contribution < 1.29 is 0 Å². The van der Waals surface area contributed by atoms with Gasteiger partial charge in [-0.25, -0.2) is 0 Å². The van der Waals surface area contributed by atoms with E-state index in [2.05, 4.69) is 35.0 Å². The number of allylic oxidation sites excluding steroid dienone is 4. The molecule has 7 aliphatic carbocycles. The Morgan fingerprint density at radius 2 is 1.55 bits per heavy atom. The average Bonchev–Trinajstić information content (AvgIpc) is 2.97. The molecule has 7 aliphatic rings. The molecular formula is C37H57Br. The zero-order valence-electron chi connectivity index (χ0n) is 24.6. The summed E-state index contributed by atoms with van der Waals surface area (Å²) in [6.07, 6.45) is 35.7. The second-order valence-electron chi connectivity index (χ2n) is 15.7. The number of hydrogen-bond donors (Lipinski definition) is 0. The van der Waals surface area contributed by atoms with Crippen LogP contribution in [0.4, 0.5) is 0 Å². The van der Waals surface area contributed by atoms with Crippen molar-refractivity contribution in [3.63, 3.8) is 0 Å². The van der Waals surface area contributed by atoms with E-state index in [-0.39, 0.29) is 0 Å². The van der Waals surface area contributed by atoms with Crippen molar-refractivity contribution in [3.05, 3.63) is 23.3 Å². The fourth-order valence-electron chi connectivity index (χ4n) is 12.1. The maximum Gasteiger partial charge on any atom is 0.0182 e. The van der Waals surface area contributed by atoms with Gasteiger partial charge in [-0.05, 0) is 149 Å². The van der Waals surface area contributed by atoms with Gasteiger partial charge in [0.25, 0.3) is 0 Å². The van der Waals surface area contributed by atoms with Crippen molar-refractivity contribution in [2.24, 2.45) is 65.1 Å². The highest BCUT2D eigenvalue weighted by Crippen LogP contribution is 2.59. The molecule has 5 fully saturated rings. The van der Waals surface area contributed by atoms with Gasteiger partial charge in [0.15, 0.2) is 0 Å². The lowest BCUT2D eigenvalue weighted by molar-refractivity contribution is 0.00403. The molecule has 0 bridgehead atoms. The summed E-state index contributed by atoms with van der Waals surface area (Å²) in [4.78, 5) is 0.735. The molecule has 5 saturated carbocycles. The summed E-state index contributed by atoms with van der Waals surface area (Å²) in [6, 6.07) is 0. The van der Waals surface area contributed by atoms with Gasteiger partial charge in [0.1, 0.15) is 0 Å². The first-order valence-electron chi connectivity index (χ1n) is 17.7. The molecule has 0 nitrogen and oxygen atoms in total. The quantitative estimate of drug-likeness (QED) is 0.224. The van der Waals surface area contributed by atoms with Crippen molar-refractivity contribution in [3.8, 4) is 0 Å². The molecule has 12 atom stereocenters. The molecule has 12 unspecified atom stereocenters. The second-order valence-corrected chi connectivity index (χ2v) is 16.9. The second kappa shape index (κ2) is 11.7. The molecule has 0 saturated heterocycles. The van der Waals surface area contributed by atoms with Crippen LogP contribution in [0.3, 0.4) is 0 Å². The standard InChI is InChI=1S/C37H57Br/c1-24(28-15-13-25-7-2-4-9-29(25)22-28)21-36(38)33-19-20-35-32(18-17-27-11-6-12-34(33)37(27)35)31-16-14-26-8-3-5-10-30(26)23-31/h18,22,24-27,29-31,33-37H,2-17,19-21,23H2,1H3. The van der Waals surface area contributed by atoms with Gasteiger partial charge < -0.3 is 0 Å². The summed E-state index contributed by atoms with van der Waals surface area (Å²) >= 11 is 4.41. The zero-order valence-corrected chi connectivity index (χ0v) is 26.2. The monoisotopic (exact) mass is 580 g/mol. The average molecular weight is 582 g/mol. The van der Waals surface area contributed by atoms with E-state index in [1.165, 1.54) is 103 Å². The minimum atomic E-state index is 0.735. The minimum absolute atomic E-state index is 0.735. The first kappa shape index (κ1) is 26.8. The van der Waals surface area contributed by atoms with Gasteiger partial charge in [-0.3, -0.25) is 0 Å². The van der Waals surface area contributed by atoms with Crippen LogP contribution < -0.4 is 0 Å². The van der Waals surface area contributed by atoms with E-state index in [0.29, 0.717) is 0 Å². The zero-order chi connectivity index (χ0) is 25.6. The topological polar surface area (TPSA) is 0 Å². The molecule has 0 aromatic carbocycles. The summed E-state index contributed by atoms with van der Waals surface area (Å²) < 4.78 is 0. The highest BCUT2D eigenvalue weighted by Gasteiger charge is 2.50. The van der Waals surface area contributed by atoms with E-state index in [4.69, 9.17) is 0 Å². The van der Waals surface area contributed by atoms with Crippen molar-refractivity contribution >= 4 is 15.9 Å². The summed E-state index contributed by atoms with van der Waals surface area (Å²) in [5, 5.41) is 0. The molecule has 0 amide bonds. The first-order valence-corrected chi connectivity index (χ1v) is 18.6. The van der Waals surface area contributed by atoms with Crippen LogP contribution in [-0.2, 0) is 0 Å². The van der Waals surface area contributed by atoms with Crippen LogP contribution in [0.5, 0.6) is 0 Å². The van der Waals surface area contributed by atoms with Crippen LogP contribution >= 0.6 is 15.9 Å². The lowest BCUT2D eigenvalue weighted by Crippen LogP contribution is -2.47. The molecule has 1 heteroatoms. The van der Waals surface area contributed by atoms with Gasteiger partial charge in [-0.1, -0.05) is 91.1 Å². The predicted molar refractivity (Wildman–Crippen MR) is 165 cm³/mol. The van der Waals surface area contributed by atoms with E-state index in [0.717, 1.165) is 69.9 Å². The molecule has 0 aromatic heterocycles. The highest BCUT2D eigenvalue weighted by atomic mass is 79.9. The Kier molecular flexibility index (Phi) is 8.25. The van der Waals surface area contributed by atoms with E-state index >= 15 is 0 Å². The van der Waals surface area contributed by atoms with Crippen molar-refractivity contribution in [1.82, 2.24) is 0 Å². The summed E-state index contributed by atoms with van der Waals surface area (Å²) in [5.41, 5.74) is 3.85. The van der Waals surface area contributed by atoms with E-state index in [1.807, 2.05) is 11.1 Å². The normalized spacial score (nSPS) is 46.5. The number of fused-ring (bicyclic) bond motifs is 2. The Labute approximate surface area is 243 Å². The highest BCUT2D eigenvalue weighted by molar-refractivity contribution is 9.09. The number of alkyl halides is 1. The third-order valence-corrected chi connectivity index (χ3v) is 15.0. The van der Waals surface area contributed by atoms with Gasteiger partial charge in [0.2, 0.25) is 0 Å². The number of halogens is 1. The minimum Gasteiger partial charge on any atom is -0.0887 e. The van der Waals surface area contributed by atoms with Gasteiger partial charge in [-0.2, -0.15) is 0 Å².